The van der Waals surface area contributed by atoms with Crippen molar-refractivity contribution in [3.05, 3.63) is 34.9 Å². The molecule has 0 saturated heterocycles. The zero-order valence-corrected chi connectivity index (χ0v) is 12.7. The van der Waals surface area contributed by atoms with E-state index in [1.54, 1.807) is 0 Å². The van der Waals surface area contributed by atoms with E-state index in [1.807, 2.05) is 45.9 Å². The third-order valence-corrected chi connectivity index (χ3v) is 4.35. The molecule has 0 atom stereocenters. The monoisotopic (exact) mass is 311 g/mol. The van der Waals surface area contributed by atoms with Crippen molar-refractivity contribution >= 4 is 21.7 Å². The number of fused-ring (bicyclic) bond motifs is 1. The second-order valence-electron chi connectivity index (χ2n) is 5.75. The summed E-state index contributed by atoms with van der Waals surface area (Å²) < 4.78 is 0. The van der Waals surface area contributed by atoms with Crippen molar-refractivity contribution in [2.45, 2.75) is 38.8 Å². The van der Waals surface area contributed by atoms with Gasteiger partial charge in [-0.1, -0.05) is 28.1 Å². The Hall–Kier alpha value is -0.710. The van der Waals surface area contributed by atoms with Crippen molar-refractivity contribution in [2.75, 3.05) is 5.33 Å². The van der Waals surface area contributed by atoms with Crippen LogP contribution in [0.25, 0.3) is 0 Å². The Kier molecular flexibility index (Phi) is 3.16. The van der Waals surface area contributed by atoms with Gasteiger partial charge in [-0.2, -0.15) is 5.06 Å². The van der Waals surface area contributed by atoms with Gasteiger partial charge in [0.15, 0.2) is 5.78 Å². The zero-order chi connectivity index (χ0) is 13.7. The number of Topliss-reactive ketones (excluding diaryl/α,β-unsaturated/α-hetero) is 1. The van der Waals surface area contributed by atoms with Crippen LogP contribution in [0.15, 0.2) is 18.2 Å². The standard InChI is InChI=1S/C14H18BrNO2/c1-13(2)10-6-5-9(12(17)8-15)7-11(10)14(3,4)16(13)18/h5-7,18H,8H2,1-4H3. The average Bonchev–Trinajstić information content (AvgIpc) is 2.47. The molecule has 1 aromatic carbocycles. The molecule has 0 unspecified atom stereocenters. The highest BCUT2D eigenvalue weighted by atomic mass is 79.9. The van der Waals surface area contributed by atoms with Gasteiger partial charge in [0.1, 0.15) is 0 Å². The van der Waals surface area contributed by atoms with Gasteiger partial charge in [-0.25, -0.2) is 0 Å². The smallest absolute Gasteiger partial charge is 0.173 e. The Morgan fingerprint density at radius 1 is 1.22 bits per heavy atom. The third-order valence-electron chi connectivity index (χ3n) is 3.84. The van der Waals surface area contributed by atoms with Crippen LogP contribution in [0.2, 0.25) is 0 Å². The first-order valence-corrected chi connectivity index (χ1v) is 7.08. The van der Waals surface area contributed by atoms with Crippen LogP contribution in [0.4, 0.5) is 0 Å². The van der Waals surface area contributed by atoms with E-state index in [0.29, 0.717) is 10.9 Å². The number of alkyl halides is 1. The number of hydrogen-bond donors (Lipinski definition) is 1. The Bertz CT molecular complexity index is 509. The van der Waals surface area contributed by atoms with E-state index in [9.17, 15) is 10.0 Å². The van der Waals surface area contributed by atoms with Gasteiger partial charge in [0.05, 0.1) is 16.4 Å². The van der Waals surface area contributed by atoms with E-state index in [2.05, 4.69) is 15.9 Å². The molecule has 98 valence electrons. The molecule has 0 spiro atoms. The lowest BCUT2D eigenvalue weighted by molar-refractivity contribution is -0.216. The van der Waals surface area contributed by atoms with E-state index in [0.717, 1.165) is 11.1 Å². The van der Waals surface area contributed by atoms with Crippen molar-refractivity contribution in [3.8, 4) is 0 Å². The minimum Gasteiger partial charge on any atom is -0.312 e. The average molecular weight is 312 g/mol. The van der Waals surface area contributed by atoms with Crippen LogP contribution >= 0.6 is 15.9 Å². The molecule has 1 N–H and O–H groups in total. The Balaban J connectivity index is 2.62. The summed E-state index contributed by atoms with van der Waals surface area (Å²) in [5, 5.41) is 12.0. The van der Waals surface area contributed by atoms with Crippen LogP contribution in [0.3, 0.4) is 0 Å². The highest BCUT2D eigenvalue weighted by Crippen LogP contribution is 2.48. The predicted molar refractivity (Wildman–Crippen MR) is 74.2 cm³/mol. The molecule has 0 saturated carbocycles. The number of nitrogens with zero attached hydrogens (tertiary/aromatic N) is 1. The molecule has 0 amide bonds. The first kappa shape index (κ1) is 13.7. The first-order chi connectivity index (χ1) is 8.22. The number of hydroxylamine groups is 2. The number of hydrogen-bond acceptors (Lipinski definition) is 3. The van der Waals surface area contributed by atoms with Crippen LogP contribution in [0.1, 0.15) is 49.2 Å². The van der Waals surface area contributed by atoms with Crippen molar-refractivity contribution in [3.63, 3.8) is 0 Å². The summed E-state index contributed by atoms with van der Waals surface area (Å²) in [5.74, 6) is 0.0581. The van der Waals surface area contributed by atoms with Gasteiger partial charge in [-0.3, -0.25) is 4.79 Å². The van der Waals surface area contributed by atoms with Crippen LogP contribution < -0.4 is 0 Å². The summed E-state index contributed by atoms with van der Waals surface area (Å²) in [6.07, 6.45) is 0. The molecule has 1 heterocycles. The number of carbonyl (C=O) groups excluding carboxylic acids is 1. The molecule has 1 aliphatic heterocycles. The number of benzene rings is 1. The lowest BCUT2D eigenvalue weighted by Crippen LogP contribution is -2.42. The predicted octanol–water partition coefficient (Wildman–Crippen LogP) is 3.44. The van der Waals surface area contributed by atoms with Gasteiger partial charge in [0, 0.05) is 5.56 Å². The lowest BCUT2D eigenvalue weighted by atomic mass is 9.89. The Morgan fingerprint density at radius 2 is 1.78 bits per heavy atom. The molecule has 0 aromatic heterocycles. The topological polar surface area (TPSA) is 40.5 Å². The van der Waals surface area contributed by atoms with E-state index in [-0.39, 0.29) is 5.78 Å². The van der Waals surface area contributed by atoms with Crippen LogP contribution in [-0.4, -0.2) is 21.4 Å². The second kappa shape index (κ2) is 4.15. The third kappa shape index (κ3) is 1.75. The molecule has 2 rings (SSSR count). The minimum absolute atomic E-state index is 0.0581. The van der Waals surface area contributed by atoms with Crippen molar-refractivity contribution in [1.82, 2.24) is 5.06 Å². The maximum Gasteiger partial charge on any atom is 0.173 e. The second-order valence-corrected chi connectivity index (χ2v) is 6.31. The minimum atomic E-state index is -0.485. The summed E-state index contributed by atoms with van der Waals surface area (Å²) in [5.41, 5.74) is 1.85. The van der Waals surface area contributed by atoms with Gasteiger partial charge in [0.25, 0.3) is 0 Å². The first-order valence-electron chi connectivity index (χ1n) is 5.96. The number of ketones is 1. The normalized spacial score (nSPS) is 20.8. The quantitative estimate of drug-likeness (QED) is 0.672. The molecule has 1 aliphatic rings. The molecule has 0 radical (unpaired) electrons. The summed E-state index contributed by atoms with van der Waals surface area (Å²) in [7, 11) is 0. The molecule has 0 fully saturated rings. The van der Waals surface area contributed by atoms with Crippen molar-refractivity contribution in [1.29, 1.82) is 0 Å². The van der Waals surface area contributed by atoms with Gasteiger partial charge in [-0.15, -0.1) is 0 Å². The van der Waals surface area contributed by atoms with E-state index < -0.39 is 11.1 Å². The van der Waals surface area contributed by atoms with Gasteiger partial charge in [-0.05, 0) is 44.9 Å². The molecule has 0 aliphatic carbocycles. The molecule has 1 aromatic rings. The highest BCUT2D eigenvalue weighted by molar-refractivity contribution is 9.09. The number of rotatable bonds is 2. The van der Waals surface area contributed by atoms with E-state index in [1.165, 1.54) is 5.06 Å². The fourth-order valence-corrected chi connectivity index (χ4v) is 3.09. The highest BCUT2D eigenvalue weighted by Gasteiger charge is 2.48. The molecule has 18 heavy (non-hydrogen) atoms. The van der Waals surface area contributed by atoms with Crippen molar-refractivity contribution < 1.29 is 10.0 Å². The maximum atomic E-state index is 11.7. The lowest BCUT2D eigenvalue weighted by Gasteiger charge is -2.34. The molecular formula is C14H18BrNO2. The fraction of sp³-hybridized carbons (Fsp3) is 0.500. The Labute approximate surface area is 116 Å². The maximum absolute atomic E-state index is 11.7. The summed E-state index contributed by atoms with van der Waals surface area (Å²) in [6.45, 7) is 7.88. The van der Waals surface area contributed by atoms with Gasteiger partial charge >= 0.3 is 0 Å². The van der Waals surface area contributed by atoms with Gasteiger partial charge < -0.3 is 5.21 Å². The summed E-state index contributed by atoms with van der Waals surface area (Å²) in [6, 6.07) is 5.68. The zero-order valence-electron chi connectivity index (χ0n) is 11.1. The molecule has 3 nitrogen and oxygen atoms in total. The molecule has 4 heteroatoms. The molecule has 0 bridgehead atoms. The summed E-state index contributed by atoms with van der Waals surface area (Å²) in [4.78, 5) is 11.7. The van der Waals surface area contributed by atoms with Crippen LogP contribution in [-0.2, 0) is 11.1 Å². The largest absolute Gasteiger partial charge is 0.312 e. The van der Waals surface area contributed by atoms with E-state index in [4.69, 9.17) is 0 Å². The SMILES string of the molecule is CC1(C)c2ccc(C(=O)CBr)cc2C(C)(C)N1O. The fourth-order valence-electron chi connectivity index (χ4n) is 2.76. The van der Waals surface area contributed by atoms with Crippen molar-refractivity contribution in [2.24, 2.45) is 0 Å². The summed E-state index contributed by atoms with van der Waals surface area (Å²) >= 11 is 3.19. The van der Waals surface area contributed by atoms with E-state index >= 15 is 0 Å². The Morgan fingerprint density at radius 3 is 2.33 bits per heavy atom. The molecular weight excluding hydrogens is 294 g/mol. The van der Waals surface area contributed by atoms with Crippen LogP contribution in [0, 0.1) is 0 Å². The van der Waals surface area contributed by atoms with Gasteiger partial charge in [0.2, 0.25) is 0 Å². The number of halogens is 1. The van der Waals surface area contributed by atoms with Crippen LogP contribution in [0.5, 0.6) is 0 Å². The number of carbonyl (C=O) groups is 1.